The molecule has 1 fully saturated rings. The Morgan fingerprint density at radius 1 is 1.10 bits per heavy atom. The van der Waals surface area contributed by atoms with Crippen molar-refractivity contribution in [1.29, 1.82) is 0 Å². The molecule has 0 bridgehead atoms. The van der Waals surface area contributed by atoms with Crippen LogP contribution in [0.5, 0.6) is 0 Å². The van der Waals surface area contributed by atoms with Crippen LogP contribution in [-0.4, -0.2) is 47.2 Å². The summed E-state index contributed by atoms with van der Waals surface area (Å²) in [5, 5.41) is 2.88. The van der Waals surface area contributed by atoms with Crippen LogP contribution in [0, 0.1) is 12.8 Å². The summed E-state index contributed by atoms with van der Waals surface area (Å²) in [7, 11) is 0. The van der Waals surface area contributed by atoms with Crippen molar-refractivity contribution in [3.05, 3.63) is 65.2 Å². The summed E-state index contributed by atoms with van der Waals surface area (Å²) in [6.07, 6.45) is 0.204. The summed E-state index contributed by atoms with van der Waals surface area (Å²) in [6.45, 7) is 8.07. The number of likely N-dealkylation sites (tertiary alicyclic amines) is 1. The van der Waals surface area contributed by atoms with Crippen LogP contribution < -0.4 is 5.32 Å². The van der Waals surface area contributed by atoms with Crippen molar-refractivity contribution < 1.29 is 14.4 Å². The molecule has 1 saturated heterocycles. The van der Waals surface area contributed by atoms with E-state index in [4.69, 9.17) is 0 Å². The molecule has 30 heavy (non-hydrogen) atoms. The Hall–Kier alpha value is -3.15. The minimum atomic E-state index is -0.398. The summed E-state index contributed by atoms with van der Waals surface area (Å²) < 4.78 is 0. The molecule has 1 atom stereocenters. The van der Waals surface area contributed by atoms with Crippen LogP contribution in [0.2, 0.25) is 0 Å². The highest BCUT2D eigenvalue weighted by Gasteiger charge is 2.34. The lowest BCUT2D eigenvalue weighted by atomic mass is 10.1. The first-order chi connectivity index (χ1) is 14.4. The van der Waals surface area contributed by atoms with Crippen LogP contribution in [0.1, 0.15) is 41.8 Å². The van der Waals surface area contributed by atoms with Crippen molar-refractivity contribution in [2.75, 3.05) is 25.0 Å². The van der Waals surface area contributed by atoms with Gasteiger partial charge in [0.2, 0.25) is 11.8 Å². The molecule has 1 N–H and O–H groups in total. The molecule has 6 heteroatoms. The smallest absolute Gasteiger partial charge is 0.253 e. The average molecular weight is 408 g/mol. The Morgan fingerprint density at radius 3 is 2.47 bits per heavy atom. The number of nitrogens with zero attached hydrogens (tertiary/aromatic N) is 2. The zero-order chi connectivity index (χ0) is 21.7. The Labute approximate surface area is 177 Å². The molecule has 3 amide bonds. The summed E-state index contributed by atoms with van der Waals surface area (Å²) >= 11 is 0. The van der Waals surface area contributed by atoms with E-state index in [1.54, 1.807) is 34.1 Å². The van der Waals surface area contributed by atoms with Crippen molar-refractivity contribution in [1.82, 2.24) is 9.80 Å². The van der Waals surface area contributed by atoms with Gasteiger partial charge >= 0.3 is 0 Å². The monoisotopic (exact) mass is 407 g/mol. The standard InChI is InChI=1S/C24H29N3O3/c1-4-26(5-2)24(30)19-7-6-8-21(13-19)25-23(29)20-14-22(28)27(16-20)15-18-11-9-17(3)10-12-18/h6-13,20H,4-5,14-16H2,1-3H3,(H,25,29). The van der Waals surface area contributed by atoms with Gasteiger partial charge in [-0.25, -0.2) is 0 Å². The number of amides is 3. The van der Waals surface area contributed by atoms with Crippen molar-refractivity contribution in [3.8, 4) is 0 Å². The molecule has 0 aromatic heterocycles. The third kappa shape index (κ3) is 5.06. The van der Waals surface area contributed by atoms with Crippen molar-refractivity contribution >= 4 is 23.4 Å². The van der Waals surface area contributed by atoms with Crippen LogP contribution in [-0.2, 0) is 16.1 Å². The Kier molecular flexibility index (Phi) is 6.87. The quantitative estimate of drug-likeness (QED) is 0.764. The Balaban J connectivity index is 1.62. The Bertz CT molecular complexity index is 920. The molecule has 2 aromatic carbocycles. The fourth-order valence-corrected chi connectivity index (χ4v) is 3.68. The van der Waals surface area contributed by atoms with Gasteiger partial charge in [-0.3, -0.25) is 14.4 Å². The minimum Gasteiger partial charge on any atom is -0.339 e. The fourth-order valence-electron chi connectivity index (χ4n) is 3.68. The highest BCUT2D eigenvalue weighted by Crippen LogP contribution is 2.22. The van der Waals surface area contributed by atoms with Gasteiger partial charge in [0.15, 0.2) is 0 Å². The number of anilines is 1. The number of rotatable bonds is 7. The third-order valence-electron chi connectivity index (χ3n) is 5.51. The second kappa shape index (κ2) is 9.57. The molecule has 0 radical (unpaired) electrons. The number of aryl methyl sites for hydroxylation is 1. The van der Waals surface area contributed by atoms with E-state index >= 15 is 0 Å². The van der Waals surface area contributed by atoms with Crippen molar-refractivity contribution in [2.24, 2.45) is 5.92 Å². The lowest BCUT2D eigenvalue weighted by Crippen LogP contribution is -2.30. The molecule has 1 heterocycles. The second-order valence-corrected chi connectivity index (χ2v) is 7.71. The van der Waals surface area contributed by atoms with Gasteiger partial charge in [0.05, 0.1) is 5.92 Å². The summed E-state index contributed by atoms with van der Waals surface area (Å²) in [5.74, 6) is -0.662. The van der Waals surface area contributed by atoms with E-state index in [1.807, 2.05) is 45.0 Å². The zero-order valence-electron chi connectivity index (χ0n) is 17.9. The predicted octanol–water partition coefficient (Wildman–Crippen LogP) is 3.46. The minimum absolute atomic E-state index is 0.0128. The topological polar surface area (TPSA) is 69.7 Å². The molecule has 6 nitrogen and oxygen atoms in total. The number of carbonyl (C=O) groups is 3. The molecule has 1 aliphatic heterocycles. The summed E-state index contributed by atoms with van der Waals surface area (Å²) in [4.78, 5) is 41.1. The molecule has 158 valence electrons. The lowest BCUT2D eigenvalue weighted by Gasteiger charge is -2.19. The molecular formula is C24H29N3O3. The van der Waals surface area contributed by atoms with Crippen LogP contribution >= 0.6 is 0 Å². The van der Waals surface area contributed by atoms with E-state index in [0.717, 1.165) is 5.56 Å². The van der Waals surface area contributed by atoms with Gasteiger partial charge in [-0.15, -0.1) is 0 Å². The van der Waals surface area contributed by atoms with E-state index in [2.05, 4.69) is 5.32 Å². The largest absolute Gasteiger partial charge is 0.339 e. The maximum absolute atomic E-state index is 12.7. The predicted molar refractivity (Wildman–Crippen MR) is 117 cm³/mol. The van der Waals surface area contributed by atoms with Gasteiger partial charge < -0.3 is 15.1 Å². The number of benzene rings is 2. The van der Waals surface area contributed by atoms with Crippen molar-refractivity contribution in [3.63, 3.8) is 0 Å². The van der Waals surface area contributed by atoms with E-state index in [1.165, 1.54) is 5.56 Å². The average Bonchev–Trinajstić information content (AvgIpc) is 3.11. The summed E-state index contributed by atoms with van der Waals surface area (Å²) in [6, 6.07) is 15.0. The number of hydrogen-bond acceptors (Lipinski definition) is 3. The highest BCUT2D eigenvalue weighted by atomic mass is 16.2. The number of nitrogens with one attached hydrogen (secondary N) is 1. The number of hydrogen-bond donors (Lipinski definition) is 1. The first-order valence-electron chi connectivity index (χ1n) is 10.4. The van der Waals surface area contributed by atoms with Crippen LogP contribution in [0.4, 0.5) is 5.69 Å². The van der Waals surface area contributed by atoms with Crippen LogP contribution in [0.25, 0.3) is 0 Å². The third-order valence-corrected chi connectivity index (χ3v) is 5.51. The normalized spacial score (nSPS) is 15.9. The Morgan fingerprint density at radius 2 is 1.80 bits per heavy atom. The van der Waals surface area contributed by atoms with Gasteiger partial charge in [0, 0.05) is 43.9 Å². The van der Waals surface area contributed by atoms with Crippen molar-refractivity contribution in [2.45, 2.75) is 33.7 Å². The molecule has 3 rings (SSSR count). The van der Waals surface area contributed by atoms with Gasteiger partial charge in [-0.2, -0.15) is 0 Å². The van der Waals surface area contributed by atoms with Gasteiger partial charge in [-0.1, -0.05) is 35.9 Å². The number of carbonyl (C=O) groups excluding carboxylic acids is 3. The molecule has 2 aromatic rings. The maximum Gasteiger partial charge on any atom is 0.253 e. The first kappa shape index (κ1) is 21.6. The van der Waals surface area contributed by atoms with E-state index in [0.29, 0.717) is 37.4 Å². The second-order valence-electron chi connectivity index (χ2n) is 7.71. The van der Waals surface area contributed by atoms with E-state index < -0.39 is 5.92 Å². The van der Waals surface area contributed by atoms with Crippen LogP contribution in [0.3, 0.4) is 0 Å². The SMILES string of the molecule is CCN(CC)C(=O)c1cccc(NC(=O)C2CC(=O)N(Cc3ccc(C)cc3)C2)c1. The fraction of sp³-hybridized carbons (Fsp3) is 0.375. The first-order valence-corrected chi connectivity index (χ1v) is 10.4. The van der Waals surface area contributed by atoms with Gasteiger partial charge in [0.25, 0.3) is 5.91 Å². The van der Waals surface area contributed by atoms with E-state index in [9.17, 15) is 14.4 Å². The molecule has 0 aliphatic carbocycles. The zero-order valence-corrected chi connectivity index (χ0v) is 17.9. The van der Waals surface area contributed by atoms with Gasteiger partial charge in [0.1, 0.15) is 0 Å². The maximum atomic E-state index is 12.7. The summed E-state index contributed by atoms with van der Waals surface area (Å²) in [5.41, 5.74) is 3.34. The van der Waals surface area contributed by atoms with Gasteiger partial charge in [-0.05, 0) is 44.5 Å². The van der Waals surface area contributed by atoms with E-state index in [-0.39, 0.29) is 24.1 Å². The lowest BCUT2D eigenvalue weighted by molar-refractivity contribution is -0.128. The highest BCUT2D eigenvalue weighted by molar-refractivity contribution is 5.99. The molecule has 0 spiro atoms. The molecule has 1 unspecified atom stereocenters. The molecule has 0 saturated carbocycles. The van der Waals surface area contributed by atoms with Crippen LogP contribution in [0.15, 0.2) is 48.5 Å². The molecular weight excluding hydrogens is 378 g/mol. The molecule has 1 aliphatic rings.